The van der Waals surface area contributed by atoms with Gasteiger partial charge in [-0.15, -0.1) is 0 Å². The Labute approximate surface area is 112 Å². The Kier molecular flexibility index (Phi) is 4.63. The van der Waals surface area contributed by atoms with Gasteiger partial charge in [-0.05, 0) is 30.8 Å². The molecule has 1 N–H and O–H groups in total. The lowest BCUT2D eigenvalue weighted by atomic mass is 10.1. The van der Waals surface area contributed by atoms with Gasteiger partial charge in [0.05, 0.1) is 0 Å². The van der Waals surface area contributed by atoms with Crippen molar-refractivity contribution in [3.05, 3.63) is 35.6 Å². The van der Waals surface area contributed by atoms with E-state index in [4.69, 9.17) is 0 Å². The molecule has 19 heavy (non-hydrogen) atoms. The molecule has 1 heterocycles. The highest BCUT2D eigenvalue weighted by Gasteiger charge is 2.13. The number of nitrogens with zero attached hydrogens (tertiary/aromatic N) is 2. The molecular formula is C14H18FN3O. The fourth-order valence-electron chi connectivity index (χ4n) is 2.03. The van der Waals surface area contributed by atoms with E-state index in [9.17, 15) is 9.18 Å². The summed E-state index contributed by atoms with van der Waals surface area (Å²) in [6.07, 6.45) is 1.77. The van der Waals surface area contributed by atoms with Gasteiger partial charge in [0.2, 0.25) is 0 Å². The number of hydrazone groups is 1. The summed E-state index contributed by atoms with van der Waals surface area (Å²) in [4.78, 5) is 14.1. The maximum absolute atomic E-state index is 12.7. The van der Waals surface area contributed by atoms with Crippen molar-refractivity contribution in [1.29, 1.82) is 0 Å². The van der Waals surface area contributed by atoms with Crippen molar-refractivity contribution in [3.63, 3.8) is 0 Å². The van der Waals surface area contributed by atoms with Gasteiger partial charge in [-0.2, -0.15) is 5.10 Å². The Morgan fingerprint density at radius 2 is 1.95 bits per heavy atom. The first kappa shape index (κ1) is 13.7. The maximum atomic E-state index is 12.7. The van der Waals surface area contributed by atoms with Crippen LogP contribution < -0.4 is 5.43 Å². The third kappa shape index (κ3) is 3.86. The molecule has 5 heteroatoms. The molecule has 0 spiro atoms. The quantitative estimate of drug-likeness (QED) is 0.848. The average Bonchev–Trinajstić information content (AvgIpc) is 2.46. The second-order valence-corrected chi connectivity index (χ2v) is 4.56. The number of amides is 1. The van der Waals surface area contributed by atoms with Crippen LogP contribution >= 0.6 is 0 Å². The Morgan fingerprint density at radius 1 is 1.32 bits per heavy atom. The molecule has 1 aromatic rings. The van der Waals surface area contributed by atoms with Crippen LogP contribution in [-0.4, -0.2) is 36.2 Å². The highest BCUT2D eigenvalue weighted by Crippen LogP contribution is 2.07. The Hall–Kier alpha value is -1.75. The molecule has 1 amide bonds. The molecular weight excluding hydrogens is 245 g/mol. The Bertz CT molecular complexity index is 460. The third-order valence-electron chi connectivity index (χ3n) is 3.30. The van der Waals surface area contributed by atoms with E-state index >= 15 is 0 Å². The van der Waals surface area contributed by atoms with E-state index in [0.29, 0.717) is 5.56 Å². The van der Waals surface area contributed by atoms with E-state index in [-0.39, 0.29) is 11.7 Å². The molecule has 1 aromatic carbocycles. The molecule has 0 aromatic heterocycles. The molecule has 0 radical (unpaired) electrons. The molecule has 4 nitrogen and oxygen atoms in total. The summed E-state index contributed by atoms with van der Waals surface area (Å²) in [5.41, 5.74) is 3.96. The SMILES string of the molecule is CCN1CCC(=NNC(=O)c2ccc(F)cc2)CC1. The number of carbonyl (C=O) groups is 1. The topological polar surface area (TPSA) is 44.7 Å². The molecule has 2 rings (SSSR count). The largest absolute Gasteiger partial charge is 0.303 e. The van der Waals surface area contributed by atoms with Crippen molar-refractivity contribution < 1.29 is 9.18 Å². The van der Waals surface area contributed by atoms with Gasteiger partial charge < -0.3 is 4.90 Å². The van der Waals surface area contributed by atoms with Gasteiger partial charge in [0.25, 0.3) is 5.91 Å². The second kappa shape index (κ2) is 6.43. The van der Waals surface area contributed by atoms with Crippen molar-refractivity contribution in [2.75, 3.05) is 19.6 Å². The number of benzene rings is 1. The van der Waals surface area contributed by atoms with E-state index in [0.717, 1.165) is 38.2 Å². The second-order valence-electron chi connectivity index (χ2n) is 4.56. The first-order valence-corrected chi connectivity index (χ1v) is 6.52. The van der Waals surface area contributed by atoms with Crippen LogP contribution in [0.2, 0.25) is 0 Å². The Morgan fingerprint density at radius 3 is 2.53 bits per heavy atom. The number of nitrogens with one attached hydrogen (secondary N) is 1. The van der Waals surface area contributed by atoms with Crippen LogP contribution in [0.15, 0.2) is 29.4 Å². The zero-order valence-electron chi connectivity index (χ0n) is 11.0. The third-order valence-corrected chi connectivity index (χ3v) is 3.30. The van der Waals surface area contributed by atoms with Crippen LogP contribution in [0, 0.1) is 5.82 Å². The lowest BCUT2D eigenvalue weighted by Crippen LogP contribution is -2.34. The van der Waals surface area contributed by atoms with E-state index in [1.165, 1.54) is 24.3 Å². The van der Waals surface area contributed by atoms with Gasteiger partial charge in [0.1, 0.15) is 5.82 Å². The van der Waals surface area contributed by atoms with Crippen LogP contribution in [0.3, 0.4) is 0 Å². The normalized spacial score (nSPS) is 16.2. The molecule has 102 valence electrons. The summed E-state index contributed by atoms with van der Waals surface area (Å²) >= 11 is 0. The summed E-state index contributed by atoms with van der Waals surface area (Å²) < 4.78 is 12.7. The number of likely N-dealkylation sites (tertiary alicyclic amines) is 1. The number of carbonyl (C=O) groups excluding carboxylic acids is 1. The standard InChI is InChI=1S/C14H18FN3O/c1-2-18-9-7-13(8-10-18)16-17-14(19)11-3-5-12(15)6-4-11/h3-6H,2,7-10H2,1H3,(H,17,19). The van der Waals surface area contributed by atoms with Gasteiger partial charge in [-0.1, -0.05) is 6.92 Å². The highest BCUT2D eigenvalue weighted by atomic mass is 19.1. The van der Waals surface area contributed by atoms with Gasteiger partial charge in [-0.3, -0.25) is 4.79 Å². The molecule has 0 aliphatic carbocycles. The number of rotatable bonds is 3. The molecule has 1 aliphatic rings. The predicted molar refractivity (Wildman–Crippen MR) is 72.6 cm³/mol. The minimum absolute atomic E-state index is 0.301. The maximum Gasteiger partial charge on any atom is 0.271 e. The van der Waals surface area contributed by atoms with Gasteiger partial charge >= 0.3 is 0 Å². The summed E-state index contributed by atoms with van der Waals surface area (Å²) in [5.74, 6) is -0.653. The van der Waals surface area contributed by atoms with Crippen LogP contribution in [-0.2, 0) is 0 Å². The van der Waals surface area contributed by atoms with E-state index in [2.05, 4.69) is 22.4 Å². The van der Waals surface area contributed by atoms with Crippen molar-refractivity contribution in [3.8, 4) is 0 Å². The molecule has 0 bridgehead atoms. The summed E-state index contributed by atoms with van der Waals surface area (Å²) in [7, 11) is 0. The Balaban J connectivity index is 1.88. The predicted octanol–water partition coefficient (Wildman–Crippen LogP) is 2.03. The molecule has 0 atom stereocenters. The minimum atomic E-state index is -0.352. The van der Waals surface area contributed by atoms with E-state index in [1.54, 1.807) is 0 Å². The lowest BCUT2D eigenvalue weighted by molar-refractivity contribution is 0.0954. The summed E-state index contributed by atoms with van der Waals surface area (Å²) in [6.45, 7) is 5.16. The zero-order chi connectivity index (χ0) is 13.7. The summed E-state index contributed by atoms with van der Waals surface area (Å²) in [5, 5.41) is 4.15. The minimum Gasteiger partial charge on any atom is -0.303 e. The van der Waals surface area contributed by atoms with Gasteiger partial charge in [0.15, 0.2) is 0 Å². The van der Waals surface area contributed by atoms with Gasteiger partial charge in [0, 0.05) is 37.2 Å². The smallest absolute Gasteiger partial charge is 0.271 e. The fraction of sp³-hybridized carbons (Fsp3) is 0.429. The number of piperidine rings is 1. The number of halogens is 1. The van der Waals surface area contributed by atoms with Crippen molar-refractivity contribution >= 4 is 11.6 Å². The molecule has 0 unspecified atom stereocenters. The molecule has 1 fully saturated rings. The van der Waals surface area contributed by atoms with Crippen LogP contribution in [0.5, 0.6) is 0 Å². The summed E-state index contributed by atoms with van der Waals surface area (Å²) in [6, 6.07) is 5.43. The lowest BCUT2D eigenvalue weighted by Gasteiger charge is -2.25. The van der Waals surface area contributed by atoms with Crippen molar-refractivity contribution in [2.45, 2.75) is 19.8 Å². The van der Waals surface area contributed by atoms with Crippen molar-refractivity contribution in [2.24, 2.45) is 5.10 Å². The highest BCUT2D eigenvalue weighted by molar-refractivity contribution is 5.95. The van der Waals surface area contributed by atoms with Crippen LogP contribution in [0.25, 0.3) is 0 Å². The first-order valence-electron chi connectivity index (χ1n) is 6.52. The van der Waals surface area contributed by atoms with Gasteiger partial charge in [-0.25, -0.2) is 9.82 Å². The number of hydrogen-bond donors (Lipinski definition) is 1. The van der Waals surface area contributed by atoms with Crippen LogP contribution in [0.4, 0.5) is 4.39 Å². The molecule has 0 saturated carbocycles. The first-order chi connectivity index (χ1) is 9.19. The number of hydrogen-bond acceptors (Lipinski definition) is 3. The zero-order valence-corrected chi connectivity index (χ0v) is 11.0. The average molecular weight is 263 g/mol. The molecule has 1 saturated heterocycles. The van der Waals surface area contributed by atoms with Crippen LogP contribution in [0.1, 0.15) is 30.1 Å². The van der Waals surface area contributed by atoms with E-state index < -0.39 is 0 Å². The monoisotopic (exact) mass is 263 g/mol. The fourth-order valence-corrected chi connectivity index (χ4v) is 2.03. The molecule has 1 aliphatic heterocycles. The van der Waals surface area contributed by atoms with Crippen molar-refractivity contribution in [1.82, 2.24) is 10.3 Å². The van der Waals surface area contributed by atoms with E-state index in [1.807, 2.05) is 0 Å².